The van der Waals surface area contributed by atoms with E-state index < -0.39 is 9.84 Å². The first-order valence-corrected chi connectivity index (χ1v) is 10.9. The fourth-order valence-electron chi connectivity index (χ4n) is 2.55. The molecule has 144 valence electrons. The minimum atomic E-state index is -2.98. The predicted octanol–water partition coefficient (Wildman–Crippen LogP) is 0.949. The predicted molar refractivity (Wildman–Crippen MR) is 114 cm³/mol. The van der Waals surface area contributed by atoms with Gasteiger partial charge in [0, 0.05) is 44.4 Å². The molecular weight excluding hydrogens is 475 g/mol. The van der Waals surface area contributed by atoms with Crippen LogP contribution in [0.1, 0.15) is 10.9 Å². The number of guanidine groups is 1. The molecule has 25 heavy (non-hydrogen) atoms. The first-order valence-electron chi connectivity index (χ1n) is 7.97. The number of ether oxygens (including phenoxy) is 1. The Labute approximate surface area is 171 Å². The zero-order valence-electron chi connectivity index (χ0n) is 14.6. The summed E-state index contributed by atoms with van der Waals surface area (Å²) in [4.78, 5) is 7.88. The highest BCUT2D eigenvalue weighted by Crippen LogP contribution is 2.25. The number of hydrogen-bond donors (Lipinski definition) is 2. The van der Waals surface area contributed by atoms with Crippen LogP contribution in [0.2, 0.25) is 0 Å². The molecule has 1 unspecified atom stereocenters. The SMILES string of the molecule is CN=C(NCCS(C)(=O)=O)NCC(c1cccs1)N1CCOCC1.I. The summed E-state index contributed by atoms with van der Waals surface area (Å²) < 4.78 is 27.9. The van der Waals surface area contributed by atoms with Crippen LogP contribution in [0.15, 0.2) is 22.5 Å². The van der Waals surface area contributed by atoms with Gasteiger partial charge >= 0.3 is 0 Å². The molecule has 1 aromatic heterocycles. The van der Waals surface area contributed by atoms with Crippen molar-refractivity contribution < 1.29 is 13.2 Å². The molecular formula is C15H27IN4O3S2. The highest BCUT2D eigenvalue weighted by atomic mass is 127. The number of nitrogens with zero attached hydrogens (tertiary/aromatic N) is 2. The Kier molecular flexibility index (Phi) is 10.2. The van der Waals surface area contributed by atoms with E-state index in [4.69, 9.17) is 4.74 Å². The molecule has 1 aliphatic rings. The summed E-state index contributed by atoms with van der Waals surface area (Å²) in [6, 6.07) is 4.46. The van der Waals surface area contributed by atoms with Crippen molar-refractivity contribution in [3.63, 3.8) is 0 Å². The summed E-state index contributed by atoms with van der Waals surface area (Å²) in [5, 5.41) is 8.44. The molecule has 7 nitrogen and oxygen atoms in total. The molecule has 0 amide bonds. The third-order valence-corrected chi connectivity index (χ3v) is 5.73. The Balaban J connectivity index is 0.00000312. The van der Waals surface area contributed by atoms with E-state index in [2.05, 4.69) is 38.0 Å². The quantitative estimate of drug-likeness (QED) is 0.328. The maximum atomic E-state index is 11.2. The average Bonchev–Trinajstić information content (AvgIpc) is 3.07. The van der Waals surface area contributed by atoms with Crippen LogP contribution >= 0.6 is 35.3 Å². The number of rotatable bonds is 7. The van der Waals surface area contributed by atoms with E-state index in [0.29, 0.717) is 19.0 Å². The van der Waals surface area contributed by atoms with Gasteiger partial charge in [-0.2, -0.15) is 0 Å². The van der Waals surface area contributed by atoms with Crippen molar-refractivity contribution in [3.05, 3.63) is 22.4 Å². The number of halogens is 1. The zero-order valence-corrected chi connectivity index (χ0v) is 18.6. The molecule has 2 N–H and O–H groups in total. The third-order valence-electron chi connectivity index (χ3n) is 3.81. The molecule has 0 bridgehead atoms. The Hall–Kier alpha value is -0.430. The molecule has 0 saturated carbocycles. The monoisotopic (exact) mass is 502 g/mol. The van der Waals surface area contributed by atoms with Crippen LogP contribution in [0.5, 0.6) is 0 Å². The van der Waals surface area contributed by atoms with Crippen molar-refractivity contribution in [1.29, 1.82) is 0 Å². The van der Waals surface area contributed by atoms with Gasteiger partial charge in [0.05, 0.1) is 25.0 Å². The van der Waals surface area contributed by atoms with Crippen molar-refractivity contribution in [2.24, 2.45) is 4.99 Å². The van der Waals surface area contributed by atoms with Crippen LogP contribution < -0.4 is 10.6 Å². The molecule has 10 heteroatoms. The first kappa shape index (κ1) is 22.6. The standard InChI is InChI=1S/C15H26N4O3S2.HI/c1-16-15(17-5-11-24(2,20)21)18-12-13(14-4-3-10-23-14)19-6-8-22-9-7-19;/h3-4,10,13H,5-9,11-12H2,1-2H3,(H2,16,17,18);1H. The smallest absolute Gasteiger partial charge is 0.191 e. The zero-order chi connectivity index (χ0) is 17.4. The summed E-state index contributed by atoms with van der Waals surface area (Å²) >= 11 is 1.74. The number of thiophene rings is 1. The van der Waals surface area contributed by atoms with Gasteiger partial charge in [-0.15, -0.1) is 35.3 Å². The fourth-order valence-corrected chi connectivity index (χ4v) is 3.88. The maximum absolute atomic E-state index is 11.2. The van der Waals surface area contributed by atoms with E-state index in [1.54, 1.807) is 18.4 Å². The maximum Gasteiger partial charge on any atom is 0.191 e. The minimum Gasteiger partial charge on any atom is -0.379 e. The molecule has 0 aromatic carbocycles. The summed E-state index contributed by atoms with van der Waals surface area (Å²) in [7, 11) is -1.29. The Morgan fingerprint density at radius 1 is 1.40 bits per heavy atom. The largest absolute Gasteiger partial charge is 0.379 e. The summed E-state index contributed by atoms with van der Waals surface area (Å²) in [5.41, 5.74) is 0. The topological polar surface area (TPSA) is 83.0 Å². The number of hydrogen-bond acceptors (Lipinski definition) is 6. The van der Waals surface area contributed by atoms with Gasteiger partial charge in [0.2, 0.25) is 0 Å². The van der Waals surface area contributed by atoms with Gasteiger partial charge < -0.3 is 15.4 Å². The van der Waals surface area contributed by atoms with Gasteiger partial charge in [0.15, 0.2) is 5.96 Å². The van der Waals surface area contributed by atoms with Gasteiger partial charge in [-0.05, 0) is 11.4 Å². The molecule has 2 heterocycles. The third kappa shape index (κ3) is 8.20. The molecule has 0 aliphatic carbocycles. The normalized spacial score (nSPS) is 17.6. The number of morpholine rings is 1. The second-order valence-electron chi connectivity index (χ2n) is 5.69. The second-order valence-corrected chi connectivity index (χ2v) is 8.93. The van der Waals surface area contributed by atoms with Gasteiger partial charge in [-0.1, -0.05) is 6.07 Å². The van der Waals surface area contributed by atoms with Crippen LogP contribution in [-0.2, 0) is 14.6 Å². The lowest BCUT2D eigenvalue weighted by Gasteiger charge is -2.34. The highest BCUT2D eigenvalue weighted by molar-refractivity contribution is 14.0. The number of sulfone groups is 1. The Bertz CT molecular complexity index is 617. The van der Waals surface area contributed by atoms with Gasteiger partial charge in [0.1, 0.15) is 9.84 Å². The van der Waals surface area contributed by atoms with E-state index in [1.165, 1.54) is 11.1 Å². The lowest BCUT2D eigenvalue weighted by Crippen LogP contribution is -2.46. The molecule has 1 fully saturated rings. The van der Waals surface area contributed by atoms with E-state index in [1.807, 2.05) is 0 Å². The van der Waals surface area contributed by atoms with Crippen molar-refractivity contribution in [2.45, 2.75) is 6.04 Å². The molecule has 1 atom stereocenters. The van der Waals surface area contributed by atoms with Crippen molar-refractivity contribution in [3.8, 4) is 0 Å². The second kappa shape index (κ2) is 11.3. The van der Waals surface area contributed by atoms with E-state index in [-0.39, 0.29) is 35.8 Å². The van der Waals surface area contributed by atoms with Crippen molar-refractivity contribution in [2.75, 3.05) is 58.4 Å². The molecule has 1 saturated heterocycles. The minimum absolute atomic E-state index is 0. The number of nitrogens with one attached hydrogen (secondary N) is 2. The Morgan fingerprint density at radius 3 is 2.68 bits per heavy atom. The fraction of sp³-hybridized carbons (Fsp3) is 0.667. The first-order chi connectivity index (χ1) is 11.5. The summed E-state index contributed by atoms with van der Waals surface area (Å²) in [5.74, 6) is 0.708. The van der Waals surface area contributed by atoms with Crippen LogP contribution in [0.3, 0.4) is 0 Å². The van der Waals surface area contributed by atoms with E-state index >= 15 is 0 Å². The lowest BCUT2D eigenvalue weighted by atomic mass is 10.2. The lowest BCUT2D eigenvalue weighted by molar-refractivity contribution is 0.0177. The molecule has 1 aromatic rings. The molecule has 0 radical (unpaired) electrons. The van der Waals surface area contributed by atoms with Crippen molar-refractivity contribution in [1.82, 2.24) is 15.5 Å². The Morgan fingerprint density at radius 2 is 2.12 bits per heavy atom. The van der Waals surface area contributed by atoms with Crippen LogP contribution in [0, 0.1) is 0 Å². The van der Waals surface area contributed by atoms with E-state index in [0.717, 1.165) is 26.3 Å². The summed E-state index contributed by atoms with van der Waals surface area (Å²) in [6.45, 7) is 4.37. The van der Waals surface area contributed by atoms with Crippen LogP contribution in [0.25, 0.3) is 0 Å². The van der Waals surface area contributed by atoms with Crippen molar-refractivity contribution >= 4 is 51.1 Å². The average molecular weight is 502 g/mol. The van der Waals surface area contributed by atoms with Crippen LogP contribution in [-0.4, -0.2) is 77.7 Å². The molecule has 1 aliphatic heterocycles. The van der Waals surface area contributed by atoms with Crippen LogP contribution in [0.4, 0.5) is 0 Å². The summed E-state index contributed by atoms with van der Waals surface area (Å²) in [6.07, 6.45) is 1.23. The number of aliphatic imine (C=N–C) groups is 1. The highest BCUT2D eigenvalue weighted by Gasteiger charge is 2.23. The molecule has 2 rings (SSSR count). The van der Waals surface area contributed by atoms with Gasteiger partial charge in [0.25, 0.3) is 0 Å². The van der Waals surface area contributed by atoms with Gasteiger partial charge in [-0.25, -0.2) is 8.42 Å². The molecule has 0 spiro atoms. The van der Waals surface area contributed by atoms with E-state index in [9.17, 15) is 8.42 Å². The van der Waals surface area contributed by atoms with Gasteiger partial charge in [-0.3, -0.25) is 9.89 Å².